The van der Waals surface area contributed by atoms with Crippen molar-refractivity contribution in [1.82, 2.24) is 4.90 Å². The Hall–Kier alpha value is -3.48. The highest BCUT2D eigenvalue weighted by Gasteiger charge is 2.51. The molecule has 1 N–H and O–H groups in total. The molecule has 1 heterocycles. The summed E-state index contributed by atoms with van der Waals surface area (Å²) < 4.78 is 5.30. The van der Waals surface area contributed by atoms with Gasteiger partial charge in [0.1, 0.15) is 6.04 Å². The molecule has 3 atom stereocenters. The van der Waals surface area contributed by atoms with E-state index in [1.54, 1.807) is 6.07 Å². The number of rotatable bonds is 7. The van der Waals surface area contributed by atoms with Gasteiger partial charge in [-0.05, 0) is 36.6 Å². The number of carbonyl (C=O) groups is 4. The van der Waals surface area contributed by atoms with Crippen LogP contribution in [0.5, 0.6) is 0 Å². The SMILES string of the molecule is CC(C)C[C@H](C(=O)OCC(=O)Nc1cccc2ccccc12)N1C(=O)[C@@H]2CC=CC[C@H]2C1=O. The van der Waals surface area contributed by atoms with Gasteiger partial charge in [-0.15, -0.1) is 0 Å². The van der Waals surface area contributed by atoms with Crippen molar-refractivity contribution in [3.63, 3.8) is 0 Å². The van der Waals surface area contributed by atoms with E-state index in [4.69, 9.17) is 4.74 Å². The summed E-state index contributed by atoms with van der Waals surface area (Å²) in [5.41, 5.74) is 0.620. The summed E-state index contributed by atoms with van der Waals surface area (Å²) in [7, 11) is 0. The molecular formula is C26H28N2O5. The molecule has 0 aromatic heterocycles. The third-order valence-electron chi connectivity index (χ3n) is 6.23. The summed E-state index contributed by atoms with van der Waals surface area (Å²) >= 11 is 0. The summed E-state index contributed by atoms with van der Waals surface area (Å²) in [4.78, 5) is 52.5. The molecule has 0 unspecified atom stereocenters. The summed E-state index contributed by atoms with van der Waals surface area (Å²) in [5.74, 6) is -2.65. The summed E-state index contributed by atoms with van der Waals surface area (Å²) in [6.07, 6.45) is 5.10. The number of nitrogens with zero attached hydrogens (tertiary/aromatic N) is 1. The second-order valence-corrected chi connectivity index (χ2v) is 9.03. The first-order chi connectivity index (χ1) is 15.9. The third-order valence-corrected chi connectivity index (χ3v) is 6.23. The monoisotopic (exact) mass is 448 g/mol. The van der Waals surface area contributed by atoms with E-state index in [1.165, 1.54) is 0 Å². The van der Waals surface area contributed by atoms with E-state index in [0.717, 1.165) is 15.7 Å². The fourth-order valence-corrected chi connectivity index (χ4v) is 4.64. The van der Waals surface area contributed by atoms with Gasteiger partial charge in [0.15, 0.2) is 6.61 Å². The molecule has 1 aliphatic heterocycles. The lowest BCUT2D eigenvalue weighted by Gasteiger charge is -2.26. The highest BCUT2D eigenvalue weighted by Crippen LogP contribution is 2.37. The minimum absolute atomic E-state index is 0.0495. The van der Waals surface area contributed by atoms with Crippen LogP contribution in [0.4, 0.5) is 5.69 Å². The second-order valence-electron chi connectivity index (χ2n) is 9.03. The molecule has 3 amide bonds. The van der Waals surface area contributed by atoms with Crippen molar-refractivity contribution in [2.75, 3.05) is 11.9 Å². The molecular weight excluding hydrogens is 420 g/mol. The standard InChI is InChI=1S/C26H28N2O5/c1-16(2)14-22(28-24(30)19-11-5-6-12-20(19)25(28)31)26(32)33-15-23(29)27-21-13-7-9-17-8-3-4-10-18(17)21/h3-10,13,16,19-20,22H,11-12,14-15H2,1-2H3,(H,27,29)/t19-,20-,22-/m1/s1. The van der Waals surface area contributed by atoms with Crippen molar-refractivity contribution in [3.8, 4) is 0 Å². The van der Waals surface area contributed by atoms with Crippen molar-refractivity contribution in [1.29, 1.82) is 0 Å². The maximum Gasteiger partial charge on any atom is 0.329 e. The lowest BCUT2D eigenvalue weighted by atomic mass is 9.85. The summed E-state index contributed by atoms with van der Waals surface area (Å²) in [6.45, 7) is 3.32. The topological polar surface area (TPSA) is 92.8 Å². The van der Waals surface area contributed by atoms with Gasteiger partial charge in [-0.25, -0.2) is 4.79 Å². The van der Waals surface area contributed by atoms with Crippen LogP contribution in [0.25, 0.3) is 10.8 Å². The first kappa shape index (κ1) is 22.7. The molecule has 2 aromatic rings. The minimum Gasteiger partial charge on any atom is -0.454 e. The Morgan fingerprint density at radius 3 is 2.30 bits per heavy atom. The number of likely N-dealkylation sites (tertiary alicyclic amines) is 1. The fraction of sp³-hybridized carbons (Fsp3) is 0.385. The molecule has 0 saturated carbocycles. The molecule has 4 rings (SSSR count). The van der Waals surface area contributed by atoms with Crippen molar-refractivity contribution >= 4 is 40.2 Å². The zero-order valence-corrected chi connectivity index (χ0v) is 18.8. The van der Waals surface area contributed by atoms with Crippen LogP contribution in [0.15, 0.2) is 54.6 Å². The molecule has 7 heteroatoms. The third kappa shape index (κ3) is 4.67. The number of ether oxygens (including phenoxy) is 1. The number of carbonyl (C=O) groups excluding carboxylic acids is 4. The summed E-state index contributed by atoms with van der Waals surface area (Å²) in [6, 6.07) is 12.2. The number of fused-ring (bicyclic) bond motifs is 2. The number of anilines is 1. The first-order valence-corrected chi connectivity index (χ1v) is 11.3. The Bertz CT molecular complexity index is 1090. The van der Waals surface area contributed by atoms with Gasteiger partial charge >= 0.3 is 5.97 Å². The van der Waals surface area contributed by atoms with Crippen molar-refractivity contribution in [2.45, 2.75) is 39.2 Å². The Balaban J connectivity index is 1.44. The molecule has 1 saturated heterocycles. The van der Waals surface area contributed by atoms with E-state index >= 15 is 0 Å². The van der Waals surface area contributed by atoms with Crippen LogP contribution in [0.1, 0.15) is 33.1 Å². The number of imide groups is 1. The van der Waals surface area contributed by atoms with Crippen LogP contribution in [0.3, 0.4) is 0 Å². The van der Waals surface area contributed by atoms with Gasteiger partial charge in [0.05, 0.1) is 11.8 Å². The molecule has 1 fully saturated rings. The fourth-order valence-electron chi connectivity index (χ4n) is 4.64. The van der Waals surface area contributed by atoms with E-state index in [0.29, 0.717) is 18.5 Å². The quantitative estimate of drug-likeness (QED) is 0.396. The van der Waals surface area contributed by atoms with E-state index in [-0.39, 0.29) is 24.2 Å². The van der Waals surface area contributed by atoms with E-state index < -0.39 is 36.4 Å². The Kier molecular flexibility index (Phi) is 6.58. The highest BCUT2D eigenvalue weighted by atomic mass is 16.5. The molecule has 33 heavy (non-hydrogen) atoms. The van der Waals surface area contributed by atoms with E-state index in [2.05, 4.69) is 5.32 Å². The van der Waals surface area contributed by atoms with E-state index in [9.17, 15) is 19.2 Å². The molecule has 0 spiro atoms. The first-order valence-electron chi connectivity index (χ1n) is 11.3. The number of hydrogen-bond donors (Lipinski definition) is 1. The molecule has 2 aromatic carbocycles. The predicted octanol–water partition coefficient (Wildman–Crippen LogP) is 3.69. The molecule has 0 radical (unpaired) electrons. The van der Waals surface area contributed by atoms with Gasteiger partial charge in [-0.1, -0.05) is 62.4 Å². The van der Waals surface area contributed by atoms with Crippen LogP contribution in [-0.2, 0) is 23.9 Å². The van der Waals surface area contributed by atoms with Gasteiger partial charge in [0.2, 0.25) is 11.8 Å². The molecule has 172 valence electrons. The Morgan fingerprint density at radius 1 is 1.00 bits per heavy atom. The number of amides is 3. The van der Waals surface area contributed by atoms with E-state index in [1.807, 2.05) is 62.4 Å². The smallest absolute Gasteiger partial charge is 0.329 e. The zero-order chi connectivity index (χ0) is 23.5. The van der Waals surface area contributed by atoms with Gasteiger partial charge in [0.25, 0.3) is 5.91 Å². The molecule has 0 bridgehead atoms. The lowest BCUT2D eigenvalue weighted by Crippen LogP contribution is -2.47. The number of nitrogens with one attached hydrogen (secondary N) is 1. The zero-order valence-electron chi connectivity index (χ0n) is 18.8. The molecule has 7 nitrogen and oxygen atoms in total. The number of benzene rings is 2. The average molecular weight is 449 g/mol. The van der Waals surface area contributed by atoms with Crippen LogP contribution in [-0.4, -0.2) is 41.2 Å². The average Bonchev–Trinajstić information content (AvgIpc) is 3.06. The van der Waals surface area contributed by atoms with Crippen molar-refractivity contribution < 1.29 is 23.9 Å². The largest absolute Gasteiger partial charge is 0.454 e. The summed E-state index contributed by atoms with van der Waals surface area (Å²) in [5, 5.41) is 4.63. The van der Waals surface area contributed by atoms with Crippen molar-refractivity contribution in [2.24, 2.45) is 17.8 Å². The highest BCUT2D eigenvalue weighted by molar-refractivity contribution is 6.08. The Morgan fingerprint density at radius 2 is 1.64 bits per heavy atom. The number of esters is 1. The van der Waals surface area contributed by atoms with Gasteiger partial charge in [-0.3, -0.25) is 19.3 Å². The van der Waals surface area contributed by atoms with Crippen LogP contribution < -0.4 is 5.32 Å². The van der Waals surface area contributed by atoms with Gasteiger partial charge in [-0.2, -0.15) is 0 Å². The number of allylic oxidation sites excluding steroid dienone is 2. The Labute approximate surface area is 192 Å². The minimum atomic E-state index is -1.03. The maximum absolute atomic E-state index is 13.0. The van der Waals surface area contributed by atoms with Crippen LogP contribution >= 0.6 is 0 Å². The normalized spacial score (nSPS) is 20.8. The molecule has 2 aliphatic rings. The van der Waals surface area contributed by atoms with Crippen LogP contribution in [0, 0.1) is 17.8 Å². The maximum atomic E-state index is 13.0. The van der Waals surface area contributed by atoms with Gasteiger partial charge in [0, 0.05) is 11.1 Å². The number of hydrogen-bond acceptors (Lipinski definition) is 5. The lowest BCUT2D eigenvalue weighted by molar-refractivity contribution is -0.160. The van der Waals surface area contributed by atoms with Crippen LogP contribution in [0.2, 0.25) is 0 Å². The van der Waals surface area contributed by atoms with Gasteiger partial charge < -0.3 is 10.1 Å². The molecule has 1 aliphatic carbocycles. The second kappa shape index (κ2) is 9.57. The predicted molar refractivity (Wildman–Crippen MR) is 124 cm³/mol. The van der Waals surface area contributed by atoms with Crippen molar-refractivity contribution in [3.05, 3.63) is 54.6 Å².